The van der Waals surface area contributed by atoms with Crippen molar-refractivity contribution in [3.05, 3.63) is 65.5 Å². The van der Waals surface area contributed by atoms with E-state index in [4.69, 9.17) is 4.74 Å². The number of rotatable bonds is 5. The Morgan fingerprint density at radius 2 is 1.83 bits per heavy atom. The van der Waals surface area contributed by atoms with Crippen LogP contribution in [0.3, 0.4) is 0 Å². The van der Waals surface area contributed by atoms with Crippen LogP contribution in [0.1, 0.15) is 42.9 Å². The fourth-order valence-corrected chi connectivity index (χ4v) is 4.07. The van der Waals surface area contributed by atoms with E-state index in [1.165, 1.54) is 12.5 Å². The maximum absolute atomic E-state index is 14.4. The van der Waals surface area contributed by atoms with Crippen LogP contribution in [0.2, 0.25) is 0 Å². The lowest BCUT2D eigenvalue weighted by Gasteiger charge is -2.29. The van der Waals surface area contributed by atoms with E-state index in [1.807, 2.05) is 24.3 Å². The van der Waals surface area contributed by atoms with Crippen molar-refractivity contribution >= 4 is 11.6 Å². The van der Waals surface area contributed by atoms with Gasteiger partial charge in [-0.1, -0.05) is 36.8 Å². The Kier molecular flexibility index (Phi) is 5.90. The van der Waals surface area contributed by atoms with Crippen LogP contribution in [0.5, 0.6) is 5.75 Å². The molecule has 29 heavy (non-hydrogen) atoms. The molecular weight excluding hydrogens is 369 g/mol. The van der Waals surface area contributed by atoms with Crippen LogP contribution in [0.15, 0.2) is 53.6 Å². The molecule has 0 bridgehead atoms. The summed E-state index contributed by atoms with van der Waals surface area (Å²) in [6, 6.07) is 14.0. The van der Waals surface area contributed by atoms with Crippen LogP contribution in [0.4, 0.5) is 4.39 Å². The SMILES string of the molecule is COc1ccc([C@@H]2CC(c3ccccc3F)=NN2C(=O)CN2CCCCC2)cc1. The largest absolute Gasteiger partial charge is 0.497 e. The summed E-state index contributed by atoms with van der Waals surface area (Å²) in [4.78, 5) is 15.3. The minimum atomic E-state index is -0.315. The third kappa shape index (κ3) is 4.32. The molecule has 6 heteroatoms. The number of halogens is 1. The van der Waals surface area contributed by atoms with Crippen LogP contribution in [0, 0.1) is 5.82 Å². The molecule has 1 amide bonds. The number of ether oxygens (including phenoxy) is 1. The number of amides is 1. The molecule has 0 radical (unpaired) electrons. The van der Waals surface area contributed by atoms with Gasteiger partial charge in [-0.2, -0.15) is 5.10 Å². The topological polar surface area (TPSA) is 45.1 Å². The number of piperidine rings is 1. The summed E-state index contributed by atoms with van der Waals surface area (Å²) in [7, 11) is 1.62. The highest BCUT2D eigenvalue weighted by Gasteiger charge is 2.34. The second-order valence-electron chi connectivity index (χ2n) is 7.59. The van der Waals surface area contributed by atoms with Crippen molar-refractivity contribution in [1.29, 1.82) is 0 Å². The molecule has 1 fully saturated rings. The molecule has 0 aliphatic carbocycles. The molecule has 0 spiro atoms. The monoisotopic (exact) mass is 395 g/mol. The first-order valence-corrected chi connectivity index (χ1v) is 10.2. The van der Waals surface area contributed by atoms with Gasteiger partial charge in [0.25, 0.3) is 5.91 Å². The Morgan fingerprint density at radius 1 is 1.10 bits per heavy atom. The van der Waals surface area contributed by atoms with Crippen molar-refractivity contribution in [2.75, 3.05) is 26.7 Å². The second kappa shape index (κ2) is 8.74. The zero-order valence-corrected chi connectivity index (χ0v) is 16.7. The van der Waals surface area contributed by atoms with Gasteiger partial charge in [0.2, 0.25) is 0 Å². The molecule has 0 unspecified atom stereocenters. The van der Waals surface area contributed by atoms with Gasteiger partial charge in [0.15, 0.2) is 0 Å². The predicted molar refractivity (Wildman–Crippen MR) is 110 cm³/mol. The summed E-state index contributed by atoms with van der Waals surface area (Å²) in [5.41, 5.74) is 2.03. The van der Waals surface area contributed by atoms with Gasteiger partial charge >= 0.3 is 0 Å². The number of hydrazone groups is 1. The molecule has 2 aromatic carbocycles. The Bertz CT molecular complexity index is 891. The number of hydrogen-bond donors (Lipinski definition) is 0. The fourth-order valence-electron chi connectivity index (χ4n) is 4.07. The van der Waals surface area contributed by atoms with Crippen LogP contribution in [-0.4, -0.2) is 48.3 Å². The van der Waals surface area contributed by atoms with E-state index in [-0.39, 0.29) is 17.8 Å². The molecular formula is C23H26FN3O2. The van der Waals surface area contributed by atoms with Crippen LogP contribution < -0.4 is 4.74 Å². The molecule has 4 rings (SSSR count). The highest BCUT2D eigenvalue weighted by molar-refractivity contribution is 6.03. The van der Waals surface area contributed by atoms with Crippen molar-refractivity contribution in [2.45, 2.75) is 31.7 Å². The summed E-state index contributed by atoms with van der Waals surface area (Å²) in [6.07, 6.45) is 3.95. The highest BCUT2D eigenvalue weighted by Crippen LogP contribution is 2.34. The van der Waals surface area contributed by atoms with E-state index in [0.29, 0.717) is 24.2 Å². The minimum Gasteiger partial charge on any atom is -0.497 e. The van der Waals surface area contributed by atoms with E-state index in [1.54, 1.807) is 30.3 Å². The van der Waals surface area contributed by atoms with Crippen LogP contribution >= 0.6 is 0 Å². The molecule has 0 saturated carbocycles. The average molecular weight is 395 g/mol. The van der Waals surface area contributed by atoms with Gasteiger partial charge in [-0.05, 0) is 49.7 Å². The molecule has 152 valence electrons. The van der Waals surface area contributed by atoms with Crippen molar-refractivity contribution in [3.63, 3.8) is 0 Å². The summed E-state index contributed by atoms with van der Waals surface area (Å²) in [5.74, 6) is 0.400. The van der Waals surface area contributed by atoms with Crippen molar-refractivity contribution in [2.24, 2.45) is 5.10 Å². The van der Waals surface area contributed by atoms with Gasteiger partial charge in [-0.15, -0.1) is 0 Å². The summed E-state index contributed by atoms with van der Waals surface area (Å²) >= 11 is 0. The molecule has 0 aromatic heterocycles. The zero-order valence-electron chi connectivity index (χ0n) is 16.7. The minimum absolute atomic E-state index is 0.0425. The number of benzene rings is 2. The summed E-state index contributed by atoms with van der Waals surface area (Å²) < 4.78 is 19.6. The van der Waals surface area contributed by atoms with Crippen molar-refractivity contribution in [1.82, 2.24) is 9.91 Å². The molecule has 2 heterocycles. The molecule has 2 aliphatic heterocycles. The predicted octanol–water partition coefficient (Wildman–Crippen LogP) is 4.00. The first kappa shape index (κ1) is 19.6. The first-order valence-electron chi connectivity index (χ1n) is 10.2. The van der Waals surface area contributed by atoms with Gasteiger partial charge in [-0.25, -0.2) is 9.40 Å². The second-order valence-corrected chi connectivity index (χ2v) is 7.59. The number of hydrogen-bond acceptors (Lipinski definition) is 4. The lowest BCUT2D eigenvalue weighted by molar-refractivity contribution is -0.134. The van der Waals surface area contributed by atoms with E-state index in [2.05, 4.69) is 10.0 Å². The van der Waals surface area contributed by atoms with E-state index in [0.717, 1.165) is 37.2 Å². The number of likely N-dealkylation sites (tertiary alicyclic amines) is 1. The summed E-state index contributed by atoms with van der Waals surface area (Å²) in [5, 5.41) is 6.14. The lowest BCUT2D eigenvalue weighted by Crippen LogP contribution is -2.40. The van der Waals surface area contributed by atoms with E-state index in [9.17, 15) is 9.18 Å². The Labute approximate surface area is 170 Å². The maximum atomic E-state index is 14.4. The van der Waals surface area contributed by atoms with Crippen molar-refractivity contribution < 1.29 is 13.9 Å². The normalized spacial score (nSPS) is 19.9. The molecule has 2 aromatic rings. The first-order chi connectivity index (χ1) is 14.2. The fraction of sp³-hybridized carbons (Fsp3) is 0.391. The van der Waals surface area contributed by atoms with Crippen molar-refractivity contribution in [3.8, 4) is 5.75 Å². The number of methoxy groups -OCH3 is 1. The van der Waals surface area contributed by atoms with Gasteiger partial charge in [0, 0.05) is 12.0 Å². The number of nitrogens with zero attached hydrogens (tertiary/aromatic N) is 3. The Morgan fingerprint density at radius 3 is 2.52 bits per heavy atom. The Hall–Kier alpha value is -2.73. The van der Waals surface area contributed by atoms with Gasteiger partial charge in [0.05, 0.1) is 25.4 Å². The third-order valence-corrected chi connectivity index (χ3v) is 5.66. The van der Waals surface area contributed by atoms with Crippen LogP contribution in [-0.2, 0) is 4.79 Å². The molecule has 5 nitrogen and oxygen atoms in total. The zero-order chi connectivity index (χ0) is 20.2. The molecule has 1 saturated heterocycles. The molecule has 0 N–H and O–H groups in total. The summed E-state index contributed by atoms with van der Waals surface area (Å²) in [6.45, 7) is 2.23. The maximum Gasteiger partial charge on any atom is 0.257 e. The average Bonchev–Trinajstić information content (AvgIpc) is 3.20. The van der Waals surface area contributed by atoms with E-state index < -0.39 is 0 Å². The van der Waals surface area contributed by atoms with E-state index >= 15 is 0 Å². The van der Waals surface area contributed by atoms with Gasteiger partial charge in [0.1, 0.15) is 11.6 Å². The molecule has 2 aliphatic rings. The third-order valence-electron chi connectivity index (χ3n) is 5.66. The molecule has 1 atom stereocenters. The quantitative estimate of drug-likeness (QED) is 0.769. The van der Waals surface area contributed by atoms with Gasteiger partial charge in [-0.3, -0.25) is 9.69 Å². The smallest absolute Gasteiger partial charge is 0.257 e. The number of carbonyl (C=O) groups is 1. The lowest BCUT2D eigenvalue weighted by atomic mass is 9.98. The Balaban J connectivity index is 1.61. The standard InChI is InChI=1S/C23H26FN3O2/c1-29-18-11-9-17(10-12-18)22-15-21(19-7-3-4-8-20(19)24)25-27(22)23(28)16-26-13-5-2-6-14-26/h3-4,7-12,22H,2,5-6,13-16H2,1H3/t22-/m0/s1. The number of carbonyl (C=O) groups excluding carboxylic acids is 1. The van der Waals surface area contributed by atoms with Gasteiger partial charge < -0.3 is 4.74 Å². The van der Waals surface area contributed by atoms with Crippen LogP contribution in [0.25, 0.3) is 0 Å². The highest BCUT2D eigenvalue weighted by atomic mass is 19.1.